The molecule has 1 aliphatic carbocycles. The fourth-order valence-corrected chi connectivity index (χ4v) is 2.33. The van der Waals surface area contributed by atoms with Crippen LogP contribution in [0.1, 0.15) is 26.7 Å². The molecule has 0 radical (unpaired) electrons. The lowest BCUT2D eigenvalue weighted by atomic mass is 10.3. The van der Waals surface area contributed by atoms with E-state index in [4.69, 9.17) is 0 Å². The maximum atomic E-state index is 11.6. The van der Waals surface area contributed by atoms with Crippen LogP contribution >= 0.6 is 0 Å². The van der Waals surface area contributed by atoms with E-state index in [1.807, 2.05) is 7.05 Å². The Morgan fingerprint density at radius 1 is 1.29 bits per heavy atom. The summed E-state index contributed by atoms with van der Waals surface area (Å²) < 4.78 is 25.9. The first-order chi connectivity index (χ1) is 7.91. The molecule has 6 heteroatoms. The van der Waals surface area contributed by atoms with Gasteiger partial charge in [-0.15, -0.1) is 0 Å². The molecule has 2 N–H and O–H groups in total. The molecule has 1 saturated carbocycles. The van der Waals surface area contributed by atoms with E-state index in [1.54, 1.807) is 0 Å². The Kier molecular flexibility index (Phi) is 5.85. The molecule has 1 fully saturated rings. The van der Waals surface area contributed by atoms with Crippen molar-refractivity contribution in [1.82, 2.24) is 14.9 Å². The van der Waals surface area contributed by atoms with Crippen molar-refractivity contribution in [2.45, 2.75) is 38.8 Å². The molecule has 0 spiro atoms. The lowest BCUT2D eigenvalue weighted by Gasteiger charge is -2.20. The zero-order valence-electron chi connectivity index (χ0n) is 11.1. The Balaban J connectivity index is 2.10. The van der Waals surface area contributed by atoms with Gasteiger partial charge in [-0.2, -0.15) is 0 Å². The maximum Gasteiger partial charge on any atom is 0.212 e. The van der Waals surface area contributed by atoms with Crippen LogP contribution in [-0.4, -0.2) is 57.8 Å². The molecule has 1 rings (SSSR count). The summed E-state index contributed by atoms with van der Waals surface area (Å²) in [6.07, 6.45) is 2.37. The van der Waals surface area contributed by atoms with Crippen LogP contribution in [0.15, 0.2) is 0 Å². The third-order valence-electron chi connectivity index (χ3n) is 3.05. The molecular formula is C11H25N3O2S. The number of likely N-dealkylation sites (N-methyl/N-ethyl adjacent to an activating group) is 1. The second kappa shape index (κ2) is 6.68. The lowest BCUT2D eigenvalue weighted by molar-refractivity contribution is 0.278. The second-order valence-electron chi connectivity index (χ2n) is 5.02. The molecule has 102 valence electrons. The first-order valence-electron chi connectivity index (χ1n) is 6.31. The van der Waals surface area contributed by atoms with Crippen LogP contribution in [-0.2, 0) is 10.0 Å². The molecular weight excluding hydrogens is 238 g/mol. The number of rotatable bonds is 9. The fourth-order valence-electron chi connectivity index (χ4n) is 1.39. The van der Waals surface area contributed by atoms with Gasteiger partial charge in [0.15, 0.2) is 0 Å². The number of nitrogens with one attached hydrogen (secondary N) is 2. The molecule has 5 nitrogen and oxygen atoms in total. The lowest BCUT2D eigenvalue weighted by Crippen LogP contribution is -2.38. The number of sulfonamides is 1. The van der Waals surface area contributed by atoms with E-state index in [2.05, 4.69) is 28.8 Å². The summed E-state index contributed by atoms with van der Waals surface area (Å²) in [5, 5.41) is 3.20. The molecule has 0 aromatic carbocycles. The quantitative estimate of drug-likeness (QED) is 0.615. The molecule has 0 aromatic heterocycles. The fraction of sp³-hybridized carbons (Fsp3) is 1.00. The Bertz CT molecular complexity index is 313. The summed E-state index contributed by atoms with van der Waals surface area (Å²) in [5.41, 5.74) is 0. The smallest absolute Gasteiger partial charge is 0.212 e. The van der Waals surface area contributed by atoms with Crippen LogP contribution in [0.2, 0.25) is 0 Å². The van der Waals surface area contributed by atoms with Gasteiger partial charge in [0.1, 0.15) is 0 Å². The number of hydrogen-bond acceptors (Lipinski definition) is 4. The average Bonchev–Trinajstić information content (AvgIpc) is 3.00. The van der Waals surface area contributed by atoms with Crippen molar-refractivity contribution >= 4 is 10.0 Å². The molecule has 0 unspecified atom stereocenters. The second-order valence-corrected chi connectivity index (χ2v) is 6.94. The number of nitrogens with zero attached hydrogens (tertiary/aromatic N) is 1. The van der Waals surface area contributed by atoms with E-state index in [0.29, 0.717) is 25.2 Å². The summed E-state index contributed by atoms with van der Waals surface area (Å²) in [6, 6.07) is 1.01. The summed E-state index contributed by atoms with van der Waals surface area (Å²) in [4.78, 5) is 2.12. The highest BCUT2D eigenvalue weighted by molar-refractivity contribution is 7.89. The predicted octanol–water partition coefficient (Wildman–Crippen LogP) is -0.00200. The number of hydrogen-bond donors (Lipinski definition) is 2. The van der Waals surface area contributed by atoms with E-state index < -0.39 is 10.0 Å². The van der Waals surface area contributed by atoms with Crippen molar-refractivity contribution in [2.75, 3.05) is 32.4 Å². The molecule has 0 heterocycles. The van der Waals surface area contributed by atoms with Crippen molar-refractivity contribution < 1.29 is 8.42 Å². The minimum absolute atomic E-state index is 0.175. The Labute approximate surface area is 105 Å². The van der Waals surface area contributed by atoms with Crippen LogP contribution in [0.5, 0.6) is 0 Å². The topological polar surface area (TPSA) is 61.4 Å². The van der Waals surface area contributed by atoms with Gasteiger partial charge >= 0.3 is 0 Å². The third-order valence-corrected chi connectivity index (χ3v) is 4.43. The first kappa shape index (κ1) is 14.9. The van der Waals surface area contributed by atoms with Gasteiger partial charge in [-0.05, 0) is 33.7 Å². The van der Waals surface area contributed by atoms with Crippen LogP contribution in [0.4, 0.5) is 0 Å². The van der Waals surface area contributed by atoms with Gasteiger partial charge in [0, 0.05) is 31.7 Å². The third kappa shape index (κ3) is 6.98. The van der Waals surface area contributed by atoms with E-state index in [9.17, 15) is 8.42 Å². The summed E-state index contributed by atoms with van der Waals surface area (Å²) in [7, 11) is -1.12. The van der Waals surface area contributed by atoms with Gasteiger partial charge in [0.05, 0.1) is 5.75 Å². The standard InChI is InChI=1S/C11H25N3O2S/c1-10(2)14(3)8-6-13-17(15,16)9-7-12-11-4-5-11/h10-13H,4-9H2,1-3H3. The molecule has 0 bridgehead atoms. The molecule has 0 amide bonds. The summed E-state index contributed by atoms with van der Waals surface area (Å²) in [6.45, 7) is 5.97. The maximum absolute atomic E-state index is 11.6. The molecule has 0 atom stereocenters. The Hall–Kier alpha value is -0.170. The molecule has 0 aliphatic heterocycles. The van der Waals surface area contributed by atoms with E-state index in [1.165, 1.54) is 12.8 Å². The van der Waals surface area contributed by atoms with Gasteiger partial charge in [-0.25, -0.2) is 13.1 Å². The van der Waals surface area contributed by atoms with Gasteiger partial charge in [0.25, 0.3) is 0 Å². The highest BCUT2D eigenvalue weighted by Crippen LogP contribution is 2.17. The van der Waals surface area contributed by atoms with Crippen LogP contribution in [0, 0.1) is 0 Å². The monoisotopic (exact) mass is 263 g/mol. The van der Waals surface area contributed by atoms with E-state index in [-0.39, 0.29) is 5.75 Å². The Morgan fingerprint density at radius 3 is 2.47 bits per heavy atom. The van der Waals surface area contributed by atoms with Gasteiger partial charge < -0.3 is 10.2 Å². The highest BCUT2D eigenvalue weighted by atomic mass is 32.2. The molecule has 17 heavy (non-hydrogen) atoms. The van der Waals surface area contributed by atoms with Crippen molar-refractivity contribution in [2.24, 2.45) is 0 Å². The van der Waals surface area contributed by atoms with Gasteiger partial charge in [-0.3, -0.25) is 0 Å². The van der Waals surface area contributed by atoms with Crippen LogP contribution in [0.25, 0.3) is 0 Å². The molecule has 0 saturated heterocycles. The van der Waals surface area contributed by atoms with Gasteiger partial charge in [-0.1, -0.05) is 0 Å². The molecule has 1 aliphatic rings. The minimum atomic E-state index is -3.11. The SMILES string of the molecule is CC(C)N(C)CCNS(=O)(=O)CCNC1CC1. The van der Waals surface area contributed by atoms with E-state index >= 15 is 0 Å². The van der Waals surface area contributed by atoms with Crippen molar-refractivity contribution in [1.29, 1.82) is 0 Å². The summed E-state index contributed by atoms with van der Waals surface area (Å²) in [5.74, 6) is 0.175. The van der Waals surface area contributed by atoms with Crippen molar-refractivity contribution in [3.8, 4) is 0 Å². The van der Waals surface area contributed by atoms with Crippen LogP contribution < -0.4 is 10.0 Å². The molecule has 0 aromatic rings. The first-order valence-corrected chi connectivity index (χ1v) is 7.97. The minimum Gasteiger partial charge on any atom is -0.313 e. The van der Waals surface area contributed by atoms with E-state index in [0.717, 1.165) is 6.54 Å². The van der Waals surface area contributed by atoms with Crippen molar-refractivity contribution in [3.05, 3.63) is 0 Å². The zero-order chi connectivity index (χ0) is 12.9. The summed E-state index contributed by atoms with van der Waals surface area (Å²) >= 11 is 0. The Morgan fingerprint density at radius 2 is 1.94 bits per heavy atom. The van der Waals surface area contributed by atoms with Crippen molar-refractivity contribution in [3.63, 3.8) is 0 Å². The van der Waals surface area contributed by atoms with Crippen LogP contribution in [0.3, 0.4) is 0 Å². The van der Waals surface area contributed by atoms with Gasteiger partial charge in [0.2, 0.25) is 10.0 Å². The average molecular weight is 263 g/mol. The highest BCUT2D eigenvalue weighted by Gasteiger charge is 2.21. The normalized spacial score (nSPS) is 17.0. The predicted molar refractivity (Wildman–Crippen MR) is 70.6 cm³/mol. The largest absolute Gasteiger partial charge is 0.313 e. The zero-order valence-corrected chi connectivity index (χ0v) is 11.9.